The van der Waals surface area contributed by atoms with Crippen LogP contribution in [0.3, 0.4) is 0 Å². The summed E-state index contributed by atoms with van der Waals surface area (Å²) in [5.41, 5.74) is 45.2. The van der Waals surface area contributed by atoms with E-state index in [4.69, 9.17) is 0 Å². The van der Waals surface area contributed by atoms with Crippen LogP contribution in [0.5, 0.6) is 0 Å². The molecule has 0 aromatic heterocycles. The fourth-order valence-electron chi connectivity index (χ4n) is 16.8. The van der Waals surface area contributed by atoms with Crippen molar-refractivity contribution in [3.05, 3.63) is 336 Å². The monoisotopic (exact) mass is 1250 g/mol. The van der Waals surface area contributed by atoms with Crippen molar-refractivity contribution in [2.24, 2.45) is 0 Å². The number of rotatable bonds is 10. The fraction of sp³-hybridized carbons (Fsp3) is 0.0816. The zero-order chi connectivity index (χ0) is 66.2. The molecule has 0 atom stereocenters. The quantitative estimate of drug-likeness (QED) is 0.128. The highest BCUT2D eigenvalue weighted by molar-refractivity contribution is 6.30. The summed E-state index contributed by atoms with van der Waals surface area (Å²) in [7, 11) is 0. The van der Waals surface area contributed by atoms with E-state index in [1.807, 2.05) is 0 Å². The van der Waals surface area contributed by atoms with Crippen LogP contribution in [0.4, 0.5) is 0 Å². The zero-order valence-corrected chi connectivity index (χ0v) is 56.7. The predicted octanol–water partition coefficient (Wildman–Crippen LogP) is 27.6. The van der Waals surface area contributed by atoms with E-state index in [0.29, 0.717) is 0 Å². The molecule has 0 saturated carbocycles. The second-order valence-corrected chi connectivity index (χ2v) is 27.6. The highest BCUT2D eigenvalue weighted by Gasteiger charge is 2.37. The third-order valence-electron chi connectivity index (χ3n) is 22.1. The minimum absolute atomic E-state index is 1.20. The Kier molecular flexibility index (Phi) is 13.8. The summed E-state index contributed by atoms with van der Waals surface area (Å²) < 4.78 is 0. The summed E-state index contributed by atoms with van der Waals surface area (Å²) >= 11 is 0. The maximum Gasteiger partial charge on any atom is -0.000718 e. The molecule has 16 aromatic rings. The van der Waals surface area contributed by atoms with Gasteiger partial charge in [0.15, 0.2) is 0 Å². The van der Waals surface area contributed by atoms with Crippen LogP contribution in [0.2, 0.25) is 0 Å². The lowest BCUT2D eigenvalue weighted by Gasteiger charge is -2.26. The maximum absolute atomic E-state index is 2.47. The number of aryl methyl sites for hydroxylation is 8. The van der Waals surface area contributed by atoms with Crippen LogP contribution in [-0.2, 0) is 0 Å². The van der Waals surface area contributed by atoms with Gasteiger partial charge in [-0.15, -0.1) is 0 Å². The molecule has 0 radical (unpaired) electrons. The Morgan fingerprint density at radius 3 is 0.612 bits per heavy atom. The molecule has 18 rings (SSSR count). The number of hydrogen-bond donors (Lipinski definition) is 0. The third-order valence-corrected chi connectivity index (χ3v) is 22.1. The van der Waals surface area contributed by atoms with E-state index < -0.39 is 0 Å². The van der Waals surface area contributed by atoms with E-state index in [2.05, 4.69) is 347 Å². The summed E-state index contributed by atoms with van der Waals surface area (Å²) in [5.74, 6) is 0. The summed E-state index contributed by atoms with van der Waals surface area (Å²) in [4.78, 5) is 0. The molecule has 0 fully saturated rings. The Morgan fingerprint density at radius 1 is 0.133 bits per heavy atom. The summed E-state index contributed by atoms with van der Waals surface area (Å²) in [5, 5.41) is 7.55. The molecule has 0 aliphatic heterocycles. The number of benzene rings is 16. The Hall–Kier alpha value is -11.7. The van der Waals surface area contributed by atoms with Crippen LogP contribution >= 0.6 is 0 Å². The molecule has 0 bridgehead atoms. The molecule has 0 spiro atoms. The molecule has 2 aliphatic rings. The van der Waals surface area contributed by atoms with E-state index in [1.54, 1.807) is 0 Å². The Balaban J connectivity index is 0.884. The average molecular weight is 1250 g/mol. The smallest absolute Gasteiger partial charge is 0.000718 e. The van der Waals surface area contributed by atoms with Crippen molar-refractivity contribution in [1.29, 1.82) is 0 Å². The van der Waals surface area contributed by atoms with Gasteiger partial charge in [-0.1, -0.05) is 291 Å². The first-order valence-corrected chi connectivity index (χ1v) is 34.6. The van der Waals surface area contributed by atoms with Gasteiger partial charge in [0.2, 0.25) is 0 Å². The summed E-state index contributed by atoms with van der Waals surface area (Å²) in [6.07, 6.45) is 0. The van der Waals surface area contributed by atoms with Gasteiger partial charge in [-0.25, -0.2) is 0 Å². The van der Waals surface area contributed by atoms with Crippen LogP contribution in [0.1, 0.15) is 44.5 Å². The lowest BCUT2D eigenvalue weighted by atomic mass is 9.76. The summed E-state index contributed by atoms with van der Waals surface area (Å²) in [6, 6.07) is 111. The molecular weight excluding hydrogens is 1180 g/mol. The first kappa shape index (κ1) is 58.8. The molecule has 0 saturated heterocycles. The van der Waals surface area contributed by atoms with Crippen LogP contribution in [0, 0.1) is 55.4 Å². The van der Waals surface area contributed by atoms with Gasteiger partial charge in [0, 0.05) is 0 Å². The molecule has 0 nitrogen and oxygen atoms in total. The number of hydrogen-bond acceptors (Lipinski definition) is 0. The van der Waals surface area contributed by atoms with Crippen LogP contribution in [0.25, 0.3) is 188 Å². The molecule has 0 N–H and O–H groups in total. The highest BCUT2D eigenvalue weighted by Crippen LogP contribution is 2.64. The van der Waals surface area contributed by atoms with Crippen LogP contribution in [-0.4, -0.2) is 0 Å². The van der Waals surface area contributed by atoms with E-state index in [-0.39, 0.29) is 0 Å². The number of fused-ring (bicyclic) bond motifs is 7. The Bertz CT molecular complexity index is 5390. The molecule has 0 unspecified atom stereocenters. The third kappa shape index (κ3) is 9.05. The topological polar surface area (TPSA) is 0 Å². The Labute approximate surface area is 575 Å². The second-order valence-electron chi connectivity index (χ2n) is 27.6. The van der Waals surface area contributed by atoms with Crippen molar-refractivity contribution < 1.29 is 0 Å². The minimum atomic E-state index is 1.20. The lowest BCUT2D eigenvalue weighted by molar-refractivity contribution is 1.34. The highest BCUT2D eigenvalue weighted by atomic mass is 14.4. The van der Waals surface area contributed by atoms with E-state index >= 15 is 0 Å². The Morgan fingerprint density at radius 2 is 0.347 bits per heavy atom. The van der Waals surface area contributed by atoms with Gasteiger partial charge < -0.3 is 0 Å². The molecule has 0 heteroatoms. The van der Waals surface area contributed by atoms with Gasteiger partial charge in [0.05, 0.1) is 0 Å². The molecule has 2 aliphatic carbocycles. The lowest BCUT2D eigenvalue weighted by Crippen LogP contribution is -2.00. The minimum Gasteiger partial charge on any atom is -0.0622 e. The summed E-state index contributed by atoms with van der Waals surface area (Å²) in [6.45, 7) is 18.0. The molecule has 0 heterocycles. The van der Waals surface area contributed by atoms with Gasteiger partial charge in [0.1, 0.15) is 0 Å². The van der Waals surface area contributed by atoms with Gasteiger partial charge in [0.25, 0.3) is 0 Å². The van der Waals surface area contributed by atoms with Crippen molar-refractivity contribution >= 4 is 32.3 Å². The molecule has 16 aromatic carbocycles. The van der Waals surface area contributed by atoms with Crippen molar-refractivity contribution in [3.8, 4) is 156 Å². The maximum atomic E-state index is 2.47. The van der Waals surface area contributed by atoms with Gasteiger partial charge in [-0.3, -0.25) is 0 Å². The fourth-order valence-corrected chi connectivity index (χ4v) is 16.8. The molecule has 0 amide bonds. The first-order valence-electron chi connectivity index (χ1n) is 34.6. The first-order chi connectivity index (χ1) is 48.0. The van der Waals surface area contributed by atoms with Gasteiger partial charge >= 0.3 is 0 Å². The average Bonchev–Trinajstić information content (AvgIpc) is 1.52. The molecular formula is C98H72. The predicted molar refractivity (Wildman–Crippen MR) is 420 cm³/mol. The van der Waals surface area contributed by atoms with Gasteiger partial charge in [-0.05, 0) is 288 Å². The molecule has 464 valence electrons. The molecule has 98 heavy (non-hydrogen) atoms. The van der Waals surface area contributed by atoms with Crippen LogP contribution in [0.15, 0.2) is 291 Å². The van der Waals surface area contributed by atoms with E-state index in [9.17, 15) is 0 Å². The van der Waals surface area contributed by atoms with Crippen LogP contribution < -0.4 is 0 Å². The second kappa shape index (κ2) is 23.0. The SMILES string of the molecule is Cc1ccc(-c2c(-c3ccccc3)c(-c3ccccc3)c(-c3ccc(C)c(C)c3)c3c2-c2cccc4c(-c5ccc(-c6ccc7c8c(cccc68)-c6c(-c8ccc(C)c(C)c8)c(-c8ccccc8)c(-c8ccccc8)c(-c8ccc(C)c(C)c8)c6-7)c6ccccc56)ccc-3c24)cc1C. The van der Waals surface area contributed by atoms with Crippen molar-refractivity contribution in [2.45, 2.75) is 55.4 Å². The van der Waals surface area contributed by atoms with Gasteiger partial charge in [-0.2, -0.15) is 0 Å². The van der Waals surface area contributed by atoms with Crippen molar-refractivity contribution in [3.63, 3.8) is 0 Å². The van der Waals surface area contributed by atoms with Crippen molar-refractivity contribution in [1.82, 2.24) is 0 Å². The normalized spacial score (nSPS) is 11.9. The van der Waals surface area contributed by atoms with E-state index in [1.165, 1.54) is 233 Å². The standard InChI is InChI=1S/C98H72/c1-57-39-43-69(53-61(57)5)89-85(65-25-13-9-14-26-65)87(67-29-17-11-18-30-67)91(71-45-41-59(3)63(7)55-71)97-83-51-49-77(79-35-23-37-81(93(79)83)95(89)97)75-47-48-76(74-34-22-21-33-73(74)75)78-50-52-84-94-80(78)36-24-38-82(94)96-90(70-44-40-58(2)62(6)54-70)86(66-27-15-10-16-28-66)88(68-31-19-12-20-32-68)92(98(84)96)72-46-42-60(4)64(8)56-72/h9-56H,1-8H3. The van der Waals surface area contributed by atoms with E-state index in [0.717, 1.165) is 0 Å². The zero-order valence-electron chi connectivity index (χ0n) is 56.7. The van der Waals surface area contributed by atoms with Crippen molar-refractivity contribution in [2.75, 3.05) is 0 Å². The largest absolute Gasteiger partial charge is 0.0622 e.